The monoisotopic (exact) mass is 310 g/mol. The molecule has 2 fully saturated rings. The zero-order chi connectivity index (χ0) is 17.3. The average molecular weight is 310 g/mol. The summed E-state index contributed by atoms with van der Waals surface area (Å²) in [7, 11) is 0. The second-order valence-electron chi connectivity index (χ2n) is 7.55. The minimum Gasteiger partial charge on any atom is -0.448 e. The predicted octanol–water partition coefficient (Wildman–Crippen LogP) is 3.59. The van der Waals surface area contributed by atoms with Crippen molar-refractivity contribution in [1.82, 2.24) is 5.32 Å². The highest BCUT2D eigenvalue weighted by Gasteiger charge is 2.75. The molecule has 2 rings (SSSR count). The summed E-state index contributed by atoms with van der Waals surface area (Å²) in [6, 6.07) is 0. The van der Waals surface area contributed by atoms with Gasteiger partial charge in [-0.05, 0) is 26.2 Å². The van der Waals surface area contributed by atoms with E-state index in [-0.39, 0.29) is 11.9 Å². The van der Waals surface area contributed by atoms with Crippen molar-refractivity contribution >= 4 is 11.9 Å². The van der Waals surface area contributed by atoms with Crippen molar-refractivity contribution < 1.29 is 15.7 Å². The van der Waals surface area contributed by atoms with Gasteiger partial charge < -0.3 is 10.1 Å². The topological polar surface area (TPSA) is 55.4 Å². The van der Waals surface area contributed by atoms with Crippen molar-refractivity contribution in [2.75, 3.05) is 6.52 Å². The summed E-state index contributed by atoms with van der Waals surface area (Å²) in [5, 5.41) is 2.78. The van der Waals surface area contributed by atoms with Gasteiger partial charge in [0.05, 0.1) is 5.41 Å². The number of rotatable bonds is 8. The van der Waals surface area contributed by atoms with Crippen molar-refractivity contribution in [3.05, 3.63) is 0 Å². The summed E-state index contributed by atoms with van der Waals surface area (Å²) in [5.74, 6) is -0.560. The Morgan fingerprint density at radius 3 is 2.36 bits per heavy atom. The fraction of sp³-hybridized carbons (Fsp3) is 0.889. The van der Waals surface area contributed by atoms with Crippen LogP contribution in [-0.4, -0.2) is 24.0 Å². The molecule has 1 heterocycles. The molecule has 1 saturated carbocycles. The molecule has 4 nitrogen and oxygen atoms in total. The first-order chi connectivity index (χ1) is 10.7. The Kier molecular flexibility index (Phi) is 4.47. The van der Waals surface area contributed by atoms with Gasteiger partial charge in [0.15, 0.2) is 5.60 Å². The first-order valence-electron chi connectivity index (χ1n) is 9.25. The molecule has 0 radical (unpaired) electrons. The van der Waals surface area contributed by atoms with Gasteiger partial charge in [-0.25, -0.2) is 0 Å². The maximum Gasteiger partial charge on any atom is 0.313 e. The van der Waals surface area contributed by atoms with Crippen LogP contribution in [0.2, 0.25) is 0 Å². The number of carbonyl (C=O) groups is 2. The predicted molar refractivity (Wildman–Crippen MR) is 86.3 cm³/mol. The first-order valence-corrected chi connectivity index (χ1v) is 8.68. The van der Waals surface area contributed by atoms with Crippen LogP contribution in [0.15, 0.2) is 0 Å². The summed E-state index contributed by atoms with van der Waals surface area (Å²) < 4.78 is 13.6. The number of hydrogen-bond donors (Lipinski definition) is 1. The van der Waals surface area contributed by atoms with Gasteiger partial charge in [0.1, 0.15) is 0 Å². The highest BCUT2D eigenvalue weighted by atomic mass is 16.6. The van der Waals surface area contributed by atoms with E-state index in [4.69, 9.17) is 6.11 Å². The van der Waals surface area contributed by atoms with Crippen molar-refractivity contribution in [2.24, 2.45) is 10.8 Å². The molecule has 2 aliphatic rings. The van der Waals surface area contributed by atoms with Crippen LogP contribution in [0.3, 0.4) is 0 Å². The van der Waals surface area contributed by atoms with Crippen LogP contribution >= 0.6 is 0 Å². The molecule has 22 heavy (non-hydrogen) atoms. The Morgan fingerprint density at radius 2 is 1.82 bits per heavy atom. The van der Waals surface area contributed by atoms with E-state index in [0.29, 0.717) is 19.3 Å². The third kappa shape index (κ3) is 2.44. The van der Waals surface area contributed by atoms with E-state index >= 15 is 0 Å². The van der Waals surface area contributed by atoms with Gasteiger partial charge >= 0.3 is 5.97 Å². The maximum absolute atomic E-state index is 12.8. The molecular weight excluding hydrogens is 278 g/mol. The van der Waals surface area contributed by atoms with E-state index in [1.54, 1.807) is 0 Å². The largest absolute Gasteiger partial charge is 0.448 e. The summed E-state index contributed by atoms with van der Waals surface area (Å²) in [6.45, 7) is 7.32. The van der Waals surface area contributed by atoms with Gasteiger partial charge in [0.2, 0.25) is 0 Å². The van der Waals surface area contributed by atoms with E-state index < -0.39 is 23.0 Å². The van der Waals surface area contributed by atoms with Gasteiger partial charge in [0, 0.05) is 13.3 Å². The third-order valence-electron chi connectivity index (χ3n) is 6.14. The molecule has 0 aromatic carbocycles. The molecule has 1 saturated heterocycles. The fourth-order valence-corrected chi connectivity index (χ4v) is 3.88. The Balaban J connectivity index is 1.92. The first kappa shape index (κ1) is 15.8. The molecule has 1 N–H and O–H groups in total. The Bertz CT molecular complexity index is 479. The molecule has 0 aromatic heterocycles. The van der Waals surface area contributed by atoms with Gasteiger partial charge in [-0.3, -0.25) is 9.59 Å². The Hall–Kier alpha value is -1.06. The molecule has 4 heteroatoms. The quantitative estimate of drug-likeness (QED) is 0.550. The normalized spacial score (nSPS) is 34.2. The second-order valence-corrected chi connectivity index (χ2v) is 7.55. The molecule has 0 aromatic rings. The molecule has 0 spiro atoms. The minimum absolute atomic E-state index is 0.273. The van der Waals surface area contributed by atoms with E-state index in [1.165, 1.54) is 19.3 Å². The zero-order valence-electron chi connectivity index (χ0n) is 15.5. The van der Waals surface area contributed by atoms with Crippen LogP contribution < -0.4 is 5.32 Å². The van der Waals surface area contributed by atoms with Gasteiger partial charge in [0.25, 0.3) is 5.91 Å². The van der Waals surface area contributed by atoms with Crippen molar-refractivity contribution in [1.29, 1.82) is 0 Å². The molecular formula is C18H31NO3. The van der Waals surface area contributed by atoms with Crippen LogP contribution in [0, 0.1) is 10.8 Å². The Morgan fingerprint density at radius 1 is 1.18 bits per heavy atom. The standard InChI is InChI=1S/C18H31NO3/c1-5-6-7-8-9-10-13-19-14(20)18-12-11-17(4,15(21)22-18)16(18,2)3/h5-13H2,1-4H3,(H,19,20)/t17-,18+/m0/s1/i13D/t13-,17+,18-/m1. The van der Waals surface area contributed by atoms with Crippen molar-refractivity contribution in [3.63, 3.8) is 0 Å². The van der Waals surface area contributed by atoms with Crippen LogP contribution in [0.4, 0.5) is 0 Å². The van der Waals surface area contributed by atoms with Crippen LogP contribution in [0.1, 0.15) is 80.4 Å². The zero-order valence-corrected chi connectivity index (χ0v) is 14.5. The summed E-state index contributed by atoms with van der Waals surface area (Å²) >= 11 is 0. The van der Waals surface area contributed by atoms with Crippen LogP contribution in [0.5, 0.6) is 0 Å². The highest BCUT2D eigenvalue weighted by Crippen LogP contribution is 2.65. The van der Waals surface area contributed by atoms with Crippen molar-refractivity contribution in [3.8, 4) is 0 Å². The number of nitrogens with one attached hydrogen (secondary N) is 1. The van der Waals surface area contributed by atoms with E-state index in [0.717, 1.165) is 12.8 Å². The summed E-state index contributed by atoms with van der Waals surface area (Å²) in [5.41, 5.74) is -2.23. The van der Waals surface area contributed by atoms with Crippen LogP contribution in [0.25, 0.3) is 0 Å². The lowest BCUT2D eigenvalue weighted by Crippen LogP contribution is -2.53. The number of hydrogen-bond acceptors (Lipinski definition) is 3. The molecule has 1 aliphatic heterocycles. The SMILES string of the molecule is [2H][C@H](CCCCCCC)NC(=O)[C@@]12CC[C@@](C)(C(=O)O1)C2(C)C. The lowest BCUT2D eigenvalue weighted by Gasteiger charge is -2.35. The average Bonchev–Trinajstić information content (AvgIpc) is 2.77. The van der Waals surface area contributed by atoms with Gasteiger partial charge in [-0.1, -0.05) is 52.9 Å². The smallest absolute Gasteiger partial charge is 0.313 e. The van der Waals surface area contributed by atoms with Gasteiger partial charge in [-0.2, -0.15) is 0 Å². The lowest BCUT2D eigenvalue weighted by molar-refractivity contribution is -0.168. The molecule has 0 unspecified atom stereocenters. The highest BCUT2D eigenvalue weighted by molar-refractivity contribution is 5.96. The second kappa shape index (κ2) is 6.21. The number of fused-ring (bicyclic) bond motifs is 2. The molecule has 1 amide bonds. The molecule has 1 aliphatic carbocycles. The summed E-state index contributed by atoms with van der Waals surface area (Å²) in [6.07, 6.45) is 7.53. The molecule has 2 bridgehead atoms. The minimum atomic E-state index is -1.10. The molecule has 3 atom stereocenters. The number of ether oxygens (including phenoxy) is 1. The number of unbranched alkanes of at least 4 members (excludes halogenated alkanes) is 4. The summed E-state index contributed by atoms with van der Waals surface area (Å²) in [4.78, 5) is 25.0. The van der Waals surface area contributed by atoms with Gasteiger partial charge in [-0.15, -0.1) is 0 Å². The number of amides is 1. The van der Waals surface area contributed by atoms with Crippen LogP contribution in [-0.2, 0) is 14.3 Å². The third-order valence-corrected chi connectivity index (χ3v) is 6.14. The lowest BCUT2D eigenvalue weighted by atomic mass is 9.66. The van der Waals surface area contributed by atoms with E-state index in [1.807, 2.05) is 20.8 Å². The molecule has 126 valence electrons. The maximum atomic E-state index is 12.8. The van der Waals surface area contributed by atoms with Crippen molar-refractivity contribution in [2.45, 2.75) is 84.7 Å². The fourth-order valence-electron chi connectivity index (χ4n) is 3.88. The van der Waals surface area contributed by atoms with E-state index in [9.17, 15) is 9.59 Å². The van der Waals surface area contributed by atoms with E-state index in [2.05, 4.69) is 12.2 Å². The number of carbonyl (C=O) groups excluding carboxylic acids is 2. The Labute approximate surface area is 135 Å². The number of esters is 1.